The molecule has 1 aromatic heterocycles. The lowest BCUT2D eigenvalue weighted by Gasteiger charge is -2.50. The number of hydrogen-bond acceptors (Lipinski definition) is 5. The molecule has 4 aliphatic rings. The molecule has 6 heteroatoms. The van der Waals surface area contributed by atoms with Gasteiger partial charge in [0.2, 0.25) is 5.76 Å². The number of fused-ring (bicyclic) bond motifs is 3. The Bertz CT molecular complexity index is 602. The summed E-state index contributed by atoms with van der Waals surface area (Å²) in [4.78, 5) is 19.0. The first-order valence-electron chi connectivity index (χ1n) is 8.73. The number of nitrogens with zero attached hydrogens (tertiary/aromatic N) is 2. The largest absolute Gasteiger partial charge is 0.435 e. The highest BCUT2D eigenvalue weighted by Crippen LogP contribution is 2.35. The Morgan fingerprint density at radius 1 is 1.39 bits per heavy atom. The molecular formula is C17H25N3O3. The van der Waals surface area contributed by atoms with E-state index in [9.17, 15) is 9.90 Å². The molecule has 1 aromatic rings. The second-order valence-electron chi connectivity index (χ2n) is 7.51. The van der Waals surface area contributed by atoms with E-state index < -0.39 is 5.60 Å². The molecule has 1 unspecified atom stereocenters. The fraction of sp³-hybridized carbons (Fsp3) is 0.765. The third kappa shape index (κ3) is 3.02. The summed E-state index contributed by atoms with van der Waals surface area (Å²) < 4.78 is 5.65. The molecule has 4 heterocycles. The van der Waals surface area contributed by atoms with Gasteiger partial charge in [0.1, 0.15) is 0 Å². The highest BCUT2D eigenvalue weighted by atomic mass is 16.4. The predicted molar refractivity (Wildman–Crippen MR) is 84.1 cm³/mol. The molecule has 5 rings (SSSR count). The van der Waals surface area contributed by atoms with Crippen LogP contribution in [0.4, 0.5) is 0 Å². The number of hydrogen-bond donors (Lipinski definition) is 2. The molecule has 0 aromatic carbocycles. The molecule has 6 nitrogen and oxygen atoms in total. The summed E-state index contributed by atoms with van der Waals surface area (Å²) in [5, 5.41) is 13.7. The van der Waals surface area contributed by atoms with Crippen molar-refractivity contribution in [3.63, 3.8) is 0 Å². The fourth-order valence-corrected chi connectivity index (χ4v) is 3.98. The molecule has 23 heavy (non-hydrogen) atoms. The van der Waals surface area contributed by atoms with Gasteiger partial charge < -0.3 is 19.7 Å². The normalized spacial score (nSPS) is 33.0. The Hall–Kier alpha value is -1.40. The zero-order chi connectivity index (χ0) is 16.0. The average molecular weight is 319 g/mol. The van der Waals surface area contributed by atoms with Crippen molar-refractivity contribution in [2.75, 3.05) is 26.2 Å². The lowest BCUT2D eigenvalue weighted by Crippen LogP contribution is -2.63. The summed E-state index contributed by atoms with van der Waals surface area (Å²) >= 11 is 0. The molecular weight excluding hydrogens is 294 g/mol. The van der Waals surface area contributed by atoms with Crippen LogP contribution in [-0.2, 0) is 6.42 Å². The monoisotopic (exact) mass is 319 g/mol. The van der Waals surface area contributed by atoms with Gasteiger partial charge in [0.25, 0.3) is 5.91 Å². The van der Waals surface area contributed by atoms with Crippen LogP contribution in [0.5, 0.6) is 0 Å². The quantitative estimate of drug-likeness (QED) is 0.850. The molecule has 1 aliphatic carbocycles. The Kier molecular flexibility index (Phi) is 3.69. The molecule has 1 saturated carbocycles. The van der Waals surface area contributed by atoms with E-state index >= 15 is 0 Å². The predicted octanol–water partition coefficient (Wildman–Crippen LogP) is 1.12. The molecule has 4 fully saturated rings. The van der Waals surface area contributed by atoms with E-state index in [1.807, 2.05) is 0 Å². The Balaban J connectivity index is 1.39. The maximum absolute atomic E-state index is 12.4. The van der Waals surface area contributed by atoms with Crippen LogP contribution in [0.25, 0.3) is 0 Å². The van der Waals surface area contributed by atoms with Crippen molar-refractivity contribution in [3.05, 3.63) is 17.3 Å². The Morgan fingerprint density at radius 3 is 2.74 bits per heavy atom. The summed E-state index contributed by atoms with van der Waals surface area (Å²) in [6, 6.07) is 0. The van der Waals surface area contributed by atoms with Crippen molar-refractivity contribution >= 4 is 5.91 Å². The van der Waals surface area contributed by atoms with Gasteiger partial charge in [-0.1, -0.05) is 0 Å². The first-order chi connectivity index (χ1) is 11.0. The average Bonchev–Trinajstić information content (AvgIpc) is 3.27. The molecule has 3 aliphatic heterocycles. The van der Waals surface area contributed by atoms with Gasteiger partial charge >= 0.3 is 0 Å². The van der Waals surface area contributed by atoms with E-state index in [1.54, 1.807) is 6.92 Å². The van der Waals surface area contributed by atoms with E-state index in [-0.39, 0.29) is 18.4 Å². The maximum Gasteiger partial charge on any atom is 0.289 e. The fourth-order valence-electron chi connectivity index (χ4n) is 3.98. The van der Waals surface area contributed by atoms with Gasteiger partial charge in [-0.15, -0.1) is 0 Å². The van der Waals surface area contributed by atoms with E-state index in [0.717, 1.165) is 32.4 Å². The molecule has 0 radical (unpaired) electrons. The van der Waals surface area contributed by atoms with Crippen LogP contribution in [0.1, 0.15) is 47.8 Å². The number of carbonyl (C=O) groups excluding carboxylic acids is 1. The summed E-state index contributed by atoms with van der Waals surface area (Å²) in [7, 11) is 0. The van der Waals surface area contributed by atoms with Crippen molar-refractivity contribution in [2.24, 2.45) is 11.8 Å². The van der Waals surface area contributed by atoms with Crippen LogP contribution in [0, 0.1) is 18.8 Å². The number of amides is 1. The standard InChI is InChI=1S/C17H25N3O3/c1-11-15(23-14(19-11)8-12-2-3-12)16(21)18-9-17(22)10-20-6-4-13(17)5-7-20/h12-13,22H,2-10H2,1H3,(H,18,21). The summed E-state index contributed by atoms with van der Waals surface area (Å²) in [6.45, 7) is 4.86. The minimum absolute atomic E-state index is 0.262. The number of aliphatic hydroxyl groups is 1. The van der Waals surface area contributed by atoms with Crippen LogP contribution in [0.15, 0.2) is 4.42 Å². The topological polar surface area (TPSA) is 78.6 Å². The lowest BCUT2D eigenvalue weighted by atomic mass is 9.75. The Morgan fingerprint density at radius 2 is 2.13 bits per heavy atom. The maximum atomic E-state index is 12.4. The number of piperidine rings is 3. The van der Waals surface area contributed by atoms with E-state index in [4.69, 9.17) is 4.42 Å². The molecule has 2 N–H and O–H groups in total. The van der Waals surface area contributed by atoms with Gasteiger partial charge in [0.05, 0.1) is 11.3 Å². The van der Waals surface area contributed by atoms with E-state index in [0.29, 0.717) is 29.8 Å². The first-order valence-corrected chi connectivity index (χ1v) is 8.73. The number of aromatic nitrogens is 1. The highest BCUT2D eigenvalue weighted by Gasteiger charge is 2.45. The van der Waals surface area contributed by atoms with Crippen molar-refractivity contribution in [1.29, 1.82) is 0 Å². The number of aryl methyl sites for hydroxylation is 1. The van der Waals surface area contributed by atoms with Gasteiger partial charge in [-0.25, -0.2) is 4.98 Å². The molecule has 1 amide bonds. The summed E-state index contributed by atoms with van der Waals surface area (Å²) in [6.07, 6.45) is 5.31. The number of nitrogens with one attached hydrogen (secondary N) is 1. The number of carbonyl (C=O) groups is 1. The molecule has 2 bridgehead atoms. The van der Waals surface area contributed by atoms with E-state index in [1.165, 1.54) is 12.8 Å². The van der Waals surface area contributed by atoms with Crippen molar-refractivity contribution in [2.45, 2.75) is 44.6 Å². The van der Waals surface area contributed by atoms with Crippen LogP contribution >= 0.6 is 0 Å². The van der Waals surface area contributed by atoms with Gasteiger partial charge in [-0.3, -0.25) is 4.79 Å². The summed E-state index contributed by atoms with van der Waals surface area (Å²) in [5.41, 5.74) is -0.171. The zero-order valence-electron chi connectivity index (χ0n) is 13.7. The molecule has 1 atom stereocenters. The van der Waals surface area contributed by atoms with Crippen molar-refractivity contribution in [1.82, 2.24) is 15.2 Å². The number of oxazole rings is 1. The zero-order valence-corrected chi connectivity index (χ0v) is 13.7. The molecule has 0 spiro atoms. The van der Waals surface area contributed by atoms with Gasteiger partial charge in [0, 0.05) is 19.5 Å². The van der Waals surface area contributed by atoms with Crippen molar-refractivity contribution < 1.29 is 14.3 Å². The van der Waals surface area contributed by atoms with Gasteiger partial charge in [-0.05, 0) is 57.5 Å². The SMILES string of the molecule is Cc1nc(CC2CC2)oc1C(=O)NCC1(O)CN2CCC1CC2. The first kappa shape index (κ1) is 15.1. The van der Waals surface area contributed by atoms with E-state index in [2.05, 4.69) is 15.2 Å². The second kappa shape index (κ2) is 5.60. The molecule has 3 saturated heterocycles. The third-order valence-corrected chi connectivity index (χ3v) is 5.61. The van der Waals surface area contributed by atoms with Gasteiger partial charge in [0.15, 0.2) is 5.89 Å². The molecule has 126 valence electrons. The van der Waals surface area contributed by atoms with Crippen LogP contribution in [-0.4, -0.2) is 52.7 Å². The minimum Gasteiger partial charge on any atom is -0.435 e. The van der Waals surface area contributed by atoms with Crippen LogP contribution < -0.4 is 5.32 Å². The smallest absolute Gasteiger partial charge is 0.289 e. The lowest BCUT2D eigenvalue weighted by molar-refractivity contribution is -0.108. The Labute approximate surface area is 136 Å². The van der Waals surface area contributed by atoms with Crippen LogP contribution in [0.3, 0.4) is 0 Å². The highest BCUT2D eigenvalue weighted by molar-refractivity contribution is 5.92. The van der Waals surface area contributed by atoms with Crippen LogP contribution in [0.2, 0.25) is 0 Å². The summed E-state index contributed by atoms with van der Waals surface area (Å²) in [5.74, 6) is 1.66. The third-order valence-electron chi connectivity index (χ3n) is 5.61. The second-order valence-corrected chi connectivity index (χ2v) is 7.51. The van der Waals surface area contributed by atoms with Gasteiger partial charge in [-0.2, -0.15) is 0 Å². The number of rotatable bonds is 5. The van der Waals surface area contributed by atoms with Crippen molar-refractivity contribution in [3.8, 4) is 0 Å². The minimum atomic E-state index is -0.809.